The summed E-state index contributed by atoms with van der Waals surface area (Å²) in [7, 11) is 0. The molecule has 2 saturated heterocycles. The molecule has 0 saturated carbocycles. The van der Waals surface area contributed by atoms with Crippen molar-refractivity contribution >= 4 is 0 Å². The molecule has 0 amide bonds. The third-order valence-corrected chi connectivity index (χ3v) is 5.16. The van der Waals surface area contributed by atoms with Gasteiger partial charge in [0.2, 0.25) is 0 Å². The van der Waals surface area contributed by atoms with E-state index in [2.05, 4.69) is 10.6 Å². The molecule has 0 aromatic carbocycles. The average molecular weight is 332 g/mol. The second-order valence-corrected chi connectivity index (χ2v) is 6.74. The second-order valence-electron chi connectivity index (χ2n) is 6.74. The van der Waals surface area contributed by atoms with Crippen LogP contribution in [0.2, 0.25) is 0 Å². The lowest BCUT2D eigenvalue weighted by atomic mass is 9.78. The summed E-state index contributed by atoms with van der Waals surface area (Å²) < 4.78 is 78.3. The molecule has 2 heterocycles. The highest BCUT2D eigenvalue weighted by Crippen LogP contribution is 2.43. The van der Waals surface area contributed by atoms with Gasteiger partial charge in [0.05, 0.1) is 11.8 Å². The van der Waals surface area contributed by atoms with Crippen LogP contribution < -0.4 is 10.6 Å². The zero-order valence-corrected chi connectivity index (χ0v) is 12.6. The first-order valence-electron chi connectivity index (χ1n) is 7.59. The highest BCUT2D eigenvalue weighted by molar-refractivity contribution is 4.96. The summed E-state index contributed by atoms with van der Waals surface area (Å²) in [6, 6.07) is -0.792. The number of hydrogen-bond acceptors (Lipinski definition) is 2. The maximum Gasteiger partial charge on any atom is 0.393 e. The number of rotatable bonds is 3. The monoisotopic (exact) mass is 332 g/mol. The largest absolute Gasteiger partial charge is 0.393 e. The van der Waals surface area contributed by atoms with Crippen molar-refractivity contribution in [2.24, 2.45) is 29.6 Å². The molecule has 8 heteroatoms. The molecule has 0 radical (unpaired) electrons. The predicted octanol–water partition coefficient (Wildman–Crippen LogP) is 3.20. The Morgan fingerprint density at radius 1 is 1.00 bits per heavy atom. The number of hydrogen-bond donors (Lipinski definition) is 2. The number of halogens is 6. The summed E-state index contributed by atoms with van der Waals surface area (Å²) in [5, 5.41) is 5.57. The highest BCUT2D eigenvalue weighted by atomic mass is 19.4. The molecule has 2 N–H and O–H groups in total. The lowest BCUT2D eigenvalue weighted by Gasteiger charge is -2.31. The molecule has 0 aliphatic carbocycles. The molecule has 2 aliphatic rings. The van der Waals surface area contributed by atoms with E-state index in [1.807, 2.05) is 0 Å². The van der Waals surface area contributed by atoms with Crippen LogP contribution in [0.4, 0.5) is 26.3 Å². The molecule has 2 fully saturated rings. The molecule has 2 nitrogen and oxygen atoms in total. The average Bonchev–Trinajstić information content (AvgIpc) is 2.93. The fraction of sp³-hybridized carbons (Fsp3) is 1.00. The minimum Gasteiger partial charge on any atom is -0.316 e. The van der Waals surface area contributed by atoms with Gasteiger partial charge in [-0.1, -0.05) is 13.8 Å². The number of nitrogens with one attached hydrogen (secondary N) is 2. The molecular formula is C14H22F6N2. The minimum atomic E-state index is -4.31. The summed E-state index contributed by atoms with van der Waals surface area (Å²) in [4.78, 5) is 0. The van der Waals surface area contributed by atoms with Crippen molar-refractivity contribution in [2.75, 3.05) is 19.6 Å². The van der Waals surface area contributed by atoms with Gasteiger partial charge in [-0.15, -0.1) is 0 Å². The first kappa shape index (κ1) is 17.8. The summed E-state index contributed by atoms with van der Waals surface area (Å²) in [6.07, 6.45) is -8.50. The maximum atomic E-state index is 13.1. The van der Waals surface area contributed by atoms with Crippen LogP contribution in [0.1, 0.15) is 20.3 Å². The molecule has 2 unspecified atom stereocenters. The Hall–Kier alpha value is -0.500. The van der Waals surface area contributed by atoms with Crippen LogP contribution in [0.3, 0.4) is 0 Å². The molecule has 2 rings (SSSR count). The Morgan fingerprint density at radius 3 is 2.18 bits per heavy atom. The zero-order chi connectivity index (χ0) is 16.7. The molecule has 6 atom stereocenters. The van der Waals surface area contributed by atoms with Gasteiger partial charge >= 0.3 is 12.4 Å². The van der Waals surface area contributed by atoms with E-state index in [0.29, 0.717) is 0 Å². The lowest BCUT2D eigenvalue weighted by Crippen LogP contribution is -2.41. The molecule has 22 heavy (non-hydrogen) atoms. The van der Waals surface area contributed by atoms with E-state index in [-0.39, 0.29) is 26.1 Å². The van der Waals surface area contributed by atoms with Gasteiger partial charge < -0.3 is 10.6 Å². The van der Waals surface area contributed by atoms with Gasteiger partial charge in [0.25, 0.3) is 0 Å². The van der Waals surface area contributed by atoms with E-state index in [4.69, 9.17) is 0 Å². The highest BCUT2D eigenvalue weighted by Gasteiger charge is 2.53. The van der Waals surface area contributed by atoms with Crippen LogP contribution in [0.5, 0.6) is 0 Å². The van der Waals surface area contributed by atoms with Crippen molar-refractivity contribution in [1.82, 2.24) is 10.6 Å². The van der Waals surface area contributed by atoms with E-state index >= 15 is 0 Å². The normalized spacial score (nSPS) is 38.5. The van der Waals surface area contributed by atoms with Gasteiger partial charge in [-0.3, -0.25) is 0 Å². The second kappa shape index (κ2) is 6.19. The van der Waals surface area contributed by atoms with Crippen LogP contribution in [-0.2, 0) is 0 Å². The van der Waals surface area contributed by atoms with E-state index in [1.165, 1.54) is 6.92 Å². The van der Waals surface area contributed by atoms with Crippen LogP contribution >= 0.6 is 0 Å². The van der Waals surface area contributed by atoms with Crippen LogP contribution in [0.25, 0.3) is 0 Å². The van der Waals surface area contributed by atoms with Gasteiger partial charge in [-0.25, -0.2) is 0 Å². The topological polar surface area (TPSA) is 24.1 Å². The standard InChI is InChI=1S/C14H22F6N2/c1-7(9-5-21-6-10(9)13(15,16)17)3-11-12(14(18,19)20)8(2)4-22-11/h7-12,21-22H,3-6H2,1-2H3/t7?,8-,9-,10+,11?,12+/m1/s1. The number of alkyl halides is 6. The molecular weight excluding hydrogens is 310 g/mol. The minimum absolute atomic E-state index is 0.118. The summed E-state index contributed by atoms with van der Waals surface area (Å²) in [5.41, 5.74) is 0. The quantitative estimate of drug-likeness (QED) is 0.776. The van der Waals surface area contributed by atoms with E-state index in [9.17, 15) is 26.3 Å². The summed E-state index contributed by atoms with van der Waals surface area (Å²) in [6.45, 7) is 3.49. The summed E-state index contributed by atoms with van der Waals surface area (Å²) in [5.74, 6) is -4.57. The van der Waals surface area contributed by atoms with Crippen LogP contribution in [0.15, 0.2) is 0 Å². The van der Waals surface area contributed by atoms with Gasteiger partial charge in [0.1, 0.15) is 0 Å². The lowest BCUT2D eigenvalue weighted by molar-refractivity contribution is -0.191. The predicted molar refractivity (Wildman–Crippen MR) is 70.2 cm³/mol. The van der Waals surface area contributed by atoms with Gasteiger partial charge in [0, 0.05) is 12.6 Å². The van der Waals surface area contributed by atoms with Crippen molar-refractivity contribution in [2.45, 2.75) is 38.7 Å². The third-order valence-electron chi connectivity index (χ3n) is 5.16. The Morgan fingerprint density at radius 2 is 1.64 bits per heavy atom. The Labute approximate surface area is 126 Å². The zero-order valence-electron chi connectivity index (χ0n) is 12.6. The first-order valence-corrected chi connectivity index (χ1v) is 7.59. The molecule has 0 aromatic rings. The molecule has 130 valence electrons. The van der Waals surface area contributed by atoms with E-state index < -0.39 is 48.0 Å². The van der Waals surface area contributed by atoms with Gasteiger partial charge in [0.15, 0.2) is 0 Å². The van der Waals surface area contributed by atoms with Crippen molar-refractivity contribution < 1.29 is 26.3 Å². The van der Waals surface area contributed by atoms with Crippen molar-refractivity contribution in [3.05, 3.63) is 0 Å². The summed E-state index contributed by atoms with van der Waals surface area (Å²) >= 11 is 0. The fourth-order valence-corrected chi connectivity index (χ4v) is 4.00. The smallest absolute Gasteiger partial charge is 0.316 e. The Balaban J connectivity index is 2.03. The molecule has 2 aliphatic heterocycles. The van der Waals surface area contributed by atoms with E-state index in [1.54, 1.807) is 6.92 Å². The Kier molecular flexibility index (Phi) is 5.02. The molecule has 0 bridgehead atoms. The van der Waals surface area contributed by atoms with Crippen molar-refractivity contribution in [3.8, 4) is 0 Å². The van der Waals surface area contributed by atoms with Gasteiger partial charge in [-0.05, 0) is 37.3 Å². The maximum absolute atomic E-state index is 13.1. The van der Waals surface area contributed by atoms with E-state index in [0.717, 1.165) is 0 Å². The van der Waals surface area contributed by atoms with Crippen molar-refractivity contribution in [1.29, 1.82) is 0 Å². The SMILES string of the molecule is CC(CC1NC[C@@H](C)[C@@H]1C(F)(F)F)[C@H]1CNC[C@@H]1C(F)(F)F. The Bertz CT molecular complexity index is 381. The first-order chi connectivity index (χ1) is 10.0. The third kappa shape index (κ3) is 3.69. The fourth-order valence-electron chi connectivity index (χ4n) is 4.00. The molecule has 0 spiro atoms. The van der Waals surface area contributed by atoms with Gasteiger partial charge in [-0.2, -0.15) is 26.3 Å². The van der Waals surface area contributed by atoms with Crippen molar-refractivity contribution in [3.63, 3.8) is 0 Å². The van der Waals surface area contributed by atoms with Crippen LogP contribution in [-0.4, -0.2) is 38.0 Å². The molecule has 0 aromatic heterocycles. The van der Waals surface area contributed by atoms with Crippen LogP contribution in [0, 0.1) is 29.6 Å².